The van der Waals surface area contributed by atoms with Gasteiger partial charge in [0.1, 0.15) is 0 Å². The predicted molar refractivity (Wildman–Crippen MR) is 110 cm³/mol. The van der Waals surface area contributed by atoms with Crippen LogP contribution in [0, 0.1) is 0 Å². The maximum absolute atomic E-state index is 13.0. The molecule has 0 fully saturated rings. The number of amides is 1. The van der Waals surface area contributed by atoms with Gasteiger partial charge in [-0.15, -0.1) is 0 Å². The van der Waals surface area contributed by atoms with Gasteiger partial charge in [-0.3, -0.25) is 9.79 Å². The number of benzene rings is 2. The van der Waals surface area contributed by atoms with Gasteiger partial charge >= 0.3 is 0 Å². The molecule has 1 heterocycles. The van der Waals surface area contributed by atoms with Gasteiger partial charge in [-0.2, -0.15) is 0 Å². The van der Waals surface area contributed by atoms with Crippen molar-refractivity contribution < 1.29 is 13.2 Å². The third-order valence-electron chi connectivity index (χ3n) is 3.84. The van der Waals surface area contributed by atoms with Crippen molar-refractivity contribution in [2.24, 2.45) is 4.99 Å². The van der Waals surface area contributed by atoms with E-state index in [9.17, 15) is 13.2 Å². The Morgan fingerprint density at radius 2 is 1.93 bits per heavy atom. The lowest BCUT2D eigenvalue weighted by atomic mass is 10.2. The summed E-state index contributed by atoms with van der Waals surface area (Å²) in [5.41, 5.74) is 1.47. The monoisotopic (exact) mass is 423 g/mol. The highest BCUT2D eigenvalue weighted by molar-refractivity contribution is 8.14. The Morgan fingerprint density at radius 1 is 1.22 bits per heavy atom. The van der Waals surface area contributed by atoms with Gasteiger partial charge in [0, 0.05) is 23.4 Å². The molecule has 0 atom stereocenters. The van der Waals surface area contributed by atoms with E-state index in [-0.39, 0.29) is 10.8 Å². The van der Waals surface area contributed by atoms with Crippen molar-refractivity contribution in [1.29, 1.82) is 0 Å². The lowest BCUT2D eigenvalue weighted by Crippen LogP contribution is -2.32. The smallest absolute Gasteiger partial charge is 0.265 e. The topological polar surface area (TPSA) is 78.8 Å². The van der Waals surface area contributed by atoms with Gasteiger partial charge < -0.3 is 5.32 Å². The van der Waals surface area contributed by atoms with E-state index in [2.05, 4.69) is 10.3 Å². The summed E-state index contributed by atoms with van der Waals surface area (Å²) in [5.74, 6) is 0.321. The fraction of sp³-hybridized carbons (Fsp3) is 0.222. The lowest BCUT2D eigenvalue weighted by molar-refractivity contribution is -0.114. The van der Waals surface area contributed by atoms with Crippen molar-refractivity contribution in [3.05, 3.63) is 59.1 Å². The van der Waals surface area contributed by atoms with Crippen LogP contribution in [0.15, 0.2) is 58.4 Å². The molecular formula is C18H18ClN3O3S2. The molecule has 9 heteroatoms. The number of rotatable bonds is 5. The maximum atomic E-state index is 13.0. The van der Waals surface area contributed by atoms with Crippen LogP contribution < -0.4 is 5.32 Å². The summed E-state index contributed by atoms with van der Waals surface area (Å²) in [6, 6.07) is 13.6. The molecule has 0 saturated heterocycles. The second kappa shape index (κ2) is 8.33. The molecular weight excluding hydrogens is 406 g/mol. The molecule has 0 unspecified atom stereocenters. The number of thioether (sulfide) groups is 1. The van der Waals surface area contributed by atoms with Crippen LogP contribution in [0.3, 0.4) is 0 Å². The third-order valence-corrected chi connectivity index (χ3v) is 7.19. The minimum Gasteiger partial charge on any atom is -0.326 e. The normalized spacial score (nSPS) is 14.1. The summed E-state index contributed by atoms with van der Waals surface area (Å²) in [4.78, 5) is 15.6. The van der Waals surface area contributed by atoms with Crippen LogP contribution in [0.25, 0.3) is 0 Å². The fourth-order valence-electron chi connectivity index (χ4n) is 2.55. The van der Waals surface area contributed by atoms with Gasteiger partial charge in [-0.05, 0) is 35.9 Å². The number of carbonyl (C=O) groups is 1. The van der Waals surface area contributed by atoms with E-state index in [0.29, 0.717) is 34.7 Å². The summed E-state index contributed by atoms with van der Waals surface area (Å²) < 4.78 is 27.3. The van der Waals surface area contributed by atoms with Crippen LogP contribution in [-0.2, 0) is 20.6 Å². The lowest BCUT2D eigenvalue weighted by Gasteiger charge is -2.20. The fourth-order valence-corrected chi connectivity index (χ4v) is 5.56. The van der Waals surface area contributed by atoms with Crippen LogP contribution >= 0.6 is 23.4 Å². The van der Waals surface area contributed by atoms with Crippen LogP contribution in [-0.4, -0.2) is 36.9 Å². The molecule has 0 aromatic heterocycles. The Labute approximate surface area is 167 Å². The Morgan fingerprint density at radius 3 is 2.59 bits per heavy atom. The molecule has 1 amide bonds. The molecule has 2 aromatic rings. The number of anilines is 1. The van der Waals surface area contributed by atoms with Crippen molar-refractivity contribution in [3.8, 4) is 0 Å². The minimum atomic E-state index is -3.71. The van der Waals surface area contributed by atoms with E-state index in [1.165, 1.54) is 35.1 Å². The zero-order valence-electron chi connectivity index (χ0n) is 14.6. The maximum Gasteiger partial charge on any atom is 0.265 e. The van der Waals surface area contributed by atoms with Crippen molar-refractivity contribution in [3.63, 3.8) is 0 Å². The molecule has 2 aromatic carbocycles. The van der Waals surface area contributed by atoms with Gasteiger partial charge in [-0.25, -0.2) is 12.7 Å². The largest absolute Gasteiger partial charge is 0.326 e. The summed E-state index contributed by atoms with van der Waals surface area (Å²) in [6.45, 7) is 2.13. The number of carbonyl (C=O) groups excluding carboxylic acids is 1. The number of nitrogens with zero attached hydrogens (tertiary/aromatic N) is 2. The quantitative estimate of drug-likeness (QED) is 0.796. The molecule has 6 nitrogen and oxygen atoms in total. The number of sulfonamides is 1. The summed E-state index contributed by atoms with van der Waals surface area (Å²) >= 11 is 7.52. The molecule has 1 aliphatic heterocycles. The zero-order valence-corrected chi connectivity index (χ0v) is 16.9. The van der Waals surface area contributed by atoms with Crippen molar-refractivity contribution in [2.45, 2.75) is 17.6 Å². The molecule has 3 rings (SSSR count). The molecule has 0 radical (unpaired) electrons. The molecule has 27 heavy (non-hydrogen) atoms. The van der Waals surface area contributed by atoms with Crippen molar-refractivity contribution in [1.82, 2.24) is 4.31 Å². The Bertz CT molecular complexity index is 976. The summed E-state index contributed by atoms with van der Waals surface area (Å²) in [7, 11) is -3.71. The average molecular weight is 424 g/mol. The summed E-state index contributed by atoms with van der Waals surface area (Å²) in [6.07, 6.45) is 0. The van der Waals surface area contributed by atoms with Crippen molar-refractivity contribution in [2.75, 3.05) is 18.4 Å². The molecule has 1 N–H and O–H groups in total. The van der Waals surface area contributed by atoms with Gasteiger partial charge in [0.25, 0.3) is 10.0 Å². The first kappa shape index (κ1) is 19.7. The first-order valence-corrected chi connectivity index (χ1v) is 11.0. The first-order chi connectivity index (χ1) is 12.9. The Hall–Kier alpha value is -2.03. The summed E-state index contributed by atoms with van der Waals surface area (Å²) in [5, 5.41) is 3.72. The zero-order chi connectivity index (χ0) is 19.4. The molecule has 0 aliphatic carbocycles. The Balaban J connectivity index is 1.74. The van der Waals surface area contributed by atoms with Crippen LogP contribution in [0.1, 0.15) is 12.5 Å². The SMILES string of the molecule is CC(=O)Nc1ccc(S(=O)(=O)N2CCN=C2SCc2ccccc2Cl)cc1. The van der Waals surface area contributed by atoms with E-state index in [1.54, 1.807) is 18.2 Å². The molecule has 0 spiro atoms. The van der Waals surface area contributed by atoms with E-state index >= 15 is 0 Å². The Kier molecular flexibility index (Phi) is 6.08. The van der Waals surface area contributed by atoms with E-state index in [0.717, 1.165) is 5.56 Å². The number of aliphatic imine (C=N–C) groups is 1. The van der Waals surface area contributed by atoms with Crippen LogP contribution in [0.2, 0.25) is 5.02 Å². The molecule has 0 saturated carbocycles. The number of hydrogen-bond donors (Lipinski definition) is 1. The number of hydrogen-bond acceptors (Lipinski definition) is 5. The number of nitrogens with one attached hydrogen (secondary N) is 1. The molecule has 1 aliphatic rings. The second-order valence-corrected chi connectivity index (χ2v) is 9.04. The van der Waals surface area contributed by atoms with Crippen molar-refractivity contribution >= 4 is 50.1 Å². The molecule has 0 bridgehead atoms. The highest BCUT2D eigenvalue weighted by atomic mass is 35.5. The van der Waals surface area contributed by atoms with Gasteiger partial charge in [0.05, 0.1) is 18.0 Å². The van der Waals surface area contributed by atoms with E-state index in [4.69, 9.17) is 11.6 Å². The average Bonchev–Trinajstić information content (AvgIpc) is 3.10. The van der Waals surface area contributed by atoms with Crippen LogP contribution in [0.4, 0.5) is 5.69 Å². The highest BCUT2D eigenvalue weighted by Gasteiger charge is 2.31. The minimum absolute atomic E-state index is 0.157. The standard InChI is InChI=1S/C18H18ClN3O3S2/c1-13(23)21-15-6-8-16(9-7-15)27(24,25)22-11-10-20-18(22)26-12-14-4-2-3-5-17(14)19/h2-9H,10-12H2,1H3,(H,21,23). The van der Waals surface area contributed by atoms with E-state index < -0.39 is 10.0 Å². The molecule has 142 valence electrons. The van der Waals surface area contributed by atoms with E-state index in [1.807, 2.05) is 18.2 Å². The third kappa shape index (κ3) is 4.63. The number of amidine groups is 1. The van der Waals surface area contributed by atoms with Gasteiger partial charge in [-0.1, -0.05) is 41.6 Å². The highest BCUT2D eigenvalue weighted by Crippen LogP contribution is 2.28. The van der Waals surface area contributed by atoms with Gasteiger partial charge in [0.2, 0.25) is 5.91 Å². The first-order valence-electron chi connectivity index (χ1n) is 8.19. The van der Waals surface area contributed by atoms with Crippen LogP contribution in [0.5, 0.6) is 0 Å². The predicted octanol–water partition coefficient (Wildman–Crippen LogP) is 3.59. The second-order valence-electron chi connectivity index (χ2n) is 5.83. The van der Waals surface area contributed by atoms with Gasteiger partial charge in [0.15, 0.2) is 5.17 Å². The number of halogens is 1.